The largest absolute Gasteiger partial charge is 0.298 e. The topological polar surface area (TPSA) is 6.48 Å². The Morgan fingerprint density at radius 1 is 1.14 bits per heavy atom. The second-order valence-electron chi connectivity index (χ2n) is 4.80. The lowest BCUT2D eigenvalue weighted by atomic mass is 10.1. The molecule has 0 radical (unpaired) electrons. The van der Waals surface area contributed by atoms with Gasteiger partial charge in [-0.15, -0.1) is 0 Å². The van der Waals surface area contributed by atoms with E-state index in [0.29, 0.717) is 0 Å². The van der Waals surface area contributed by atoms with Crippen molar-refractivity contribution in [1.29, 1.82) is 0 Å². The molecule has 2 aliphatic heterocycles. The second kappa shape index (κ2) is 4.63. The normalized spacial score (nSPS) is 29.8. The average Bonchev–Trinajstić information content (AvgIpc) is 2.66. The van der Waals surface area contributed by atoms with Gasteiger partial charge < -0.3 is 0 Å². The van der Waals surface area contributed by atoms with Crippen LogP contribution in [-0.2, 0) is 0 Å². The third-order valence-corrected chi connectivity index (χ3v) is 4.08. The summed E-state index contributed by atoms with van der Waals surface area (Å²) in [7, 11) is 0. The number of nitrogens with zero attached hydrogens (tertiary/aromatic N) is 2. The van der Waals surface area contributed by atoms with Crippen LogP contribution in [-0.4, -0.2) is 48.1 Å². The van der Waals surface area contributed by atoms with Crippen molar-refractivity contribution in [1.82, 2.24) is 9.80 Å². The van der Waals surface area contributed by atoms with Crippen molar-refractivity contribution >= 4 is 0 Å². The Bertz CT molecular complexity index is 177. The minimum Gasteiger partial charge on any atom is -0.298 e. The SMILES string of the molecule is CCC(CC)N1CCN2CCC[C@@H]2C1. The first kappa shape index (κ1) is 10.4. The van der Waals surface area contributed by atoms with Gasteiger partial charge in [-0.3, -0.25) is 9.80 Å². The number of rotatable bonds is 3. The average molecular weight is 196 g/mol. The van der Waals surface area contributed by atoms with Gasteiger partial charge in [0.15, 0.2) is 0 Å². The Labute approximate surface area is 88.3 Å². The molecule has 2 nitrogen and oxygen atoms in total. The first-order chi connectivity index (χ1) is 6.85. The van der Waals surface area contributed by atoms with E-state index < -0.39 is 0 Å². The van der Waals surface area contributed by atoms with Gasteiger partial charge in [0.1, 0.15) is 0 Å². The van der Waals surface area contributed by atoms with Crippen molar-refractivity contribution in [3.63, 3.8) is 0 Å². The zero-order valence-electron chi connectivity index (χ0n) is 9.71. The molecule has 0 spiro atoms. The summed E-state index contributed by atoms with van der Waals surface area (Å²) in [5.41, 5.74) is 0. The van der Waals surface area contributed by atoms with Gasteiger partial charge in [-0.05, 0) is 32.2 Å². The third-order valence-electron chi connectivity index (χ3n) is 4.08. The van der Waals surface area contributed by atoms with Gasteiger partial charge in [0.25, 0.3) is 0 Å². The molecule has 0 unspecified atom stereocenters. The highest BCUT2D eigenvalue weighted by molar-refractivity contribution is 4.88. The van der Waals surface area contributed by atoms with E-state index in [-0.39, 0.29) is 0 Å². The van der Waals surface area contributed by atoms with Crippen LogP contribution in [0.3, 0.4) is 0 Å². The van der Waals surface area contributed by atoms with Crippen LogP contribution in [0.5, 0.6) is 0 Å². The molecule has 0 aromatic heterocycles. The molecule has 0 bridgehead atoms. The van der Waals surface area contributed by atoms with E-state index in [1.54, 1.807) is 0 Å². The van der Waals surface area contributed by atoms with Gasteiger partial charge in [0.05, 0.1) is 0 Å². The van der Waals surface area contributed by atoms with Gasteiger partial charge >= 0.3 is 0 Å². The number of fused-ring (bicyclic) bond motifs is 1. The Balaban J connectivity index is 1.90. The Morgan fingerprint density at radius 3 is 2.64 bits per heavy atom. The first-order valence-electron chi connectivity index (χ1n) is 6.33. The predicted molar refractivity (Wildman–Crippen MR) is 60.5 cm³/mol. The van der Waals surface area contributed by atoms with E-state index in [1.807, 2.05) is 0 Å². The fourth-order valence-electron chi connectivity index (χ4n) is 3.15. The lowest BCUT2D eigenvalue weighted by Gasteiger charge is -2.41. The fraction of sp³-hybridized carbons (Fsp3) is 1.00. The fourth-order valence-corrected chi connectivity index (χ4v) is 3.15. The van der Waals surface area contributed by atoms with Crippen LogP contribution in [0.15, 0.2) is 0 Å². The van der Waals surface area contributed by atoms with Crippen LogP contribution in [0.2, 0.25) is 0 Å². The van der Waals surface area contributed by atoms with Crippen molar-refractivity contribution < 1.29 is 0 Å². The van der Waals surface area contributed by atoms with E-state index in [4.69, 9.17) is 0 Å². The number of piperazine rings is 1. The van der Waals surface area contributed by atoms with Gasteiger partial charge in [-0.2, -0.15) is 0 Å². The van der Waals surface area contributed by atoms with Crippen LogP contribution >= 0.6 is 0 Å². The molecular formula is C12H24N2. The third kappa shape index (κ3) is 1.96. The first-order valence-corrected chi connectivity index (χ1v) is 6.33. The minimum absolute atomic E-state index is 0.845. The molecule has 2 fully saturated rings. The van der Waals surface area contributed by atoms with Crippen molar-refractivity contribution in [3.8, 4) is 0 Å². The monoisotopic (exact) mass is 196 g/mol. The molecular weight excluding hydrogens is 172 g/mol. The molecule has 0 amide bonds. The summed E-state index contributed by atoms with van der Waals surface area (Å²) in [6.45, 7) is 9.99. The molecule has 0 aromatic rings. The zero-order valence-corrected chi connectivity index (χ0v) is 9.71. The molecule has 1 atom stereocenters. The smallest absolute Gasteiger partial charge is 0.0224 e. The lowest BCUT2D eigenvalue weighted by Crippen LogP contribution is -2.53. The highest BCUT2D eigenvalue weighted by Gasteiger charge is 2.32. The summed E-state index contributed by atoms with van der Waals surface area (Å²) < 4.78 is 0. The standard InChI is InChI=1S/C12H24N2/c1-3-11(4-2)14-9-8-13-7-5-6-12(13)10-14/h11-12H,3-10H2,1-2H3/t12-/m1/s1. The van der Waals surface area contributed by atoms with Gasteiger partial charge in [-0.1, -0.05) is 13.8 Å². The quantitative estimate of drug-likeness (QED) is 0.681. The number of hydrogen-bond acceptors (Lipinski definition) is 2. The molecule has 14 heavy (non-hydrogen) atoms. The Kier molecular flexibility index (Phi) is 3.45. The summed E-state index contributed by atoms with van der Waals surface area (Å²) in [6, 6.07) is 1.74. The molecule has 2 heterocycles. The maximum absolute atomic E-state index is 2.73. The van der Waals surface area contributed by atoms with Gasteiger partial charge in [0, 0.05) is 31.7 Å². The highest BCUT2D eigenvalue weighted by atomic mass is 15.3. The molecule has 82 valence electrons. The Morgan fingerprint density at radius 2 is 1.93 bits per heavy atom. The van der Waals surface area contributed by atoms with Crippen LogP contribution in [0.1, 0.15) is 39.5 Å². The maximum atomic E-state index is 2.73. The summed E-state index contributed by atoms with van der Waals surface area (Å²) >= 11 is 0. The predicted octanol–water partition coefficient (Wildman–Crippen LogP) is 1.96. The summed E-state index contributed by atoms with van der Waals surface area (Å²) in [5.74, 6) is 0. The van der Waals surface area contributed by atoms with Crippen molar-refractivity contribution in [3.05, 3.63) is 0 Å². The van der Waals surface area contributed by atoms with Crippen molar-refractivity contribution in [2.75, 3.05) is 26.2 Å². The van der Waals surface area contributed by atoms with Gasteiger partial charge in [-0.25, -0.2) is 0 Å². The summed E-state index contributed by atoms with van der Waals surface area (Å²) in [4.78, 5) is 5.42. The molecule has 2 aliphatic rings. The van der Waals surface area contributed by atoms with E-state index in [9.17, 15) is 0 Å². The highest BCUT2D eigenvalue weighted by Crippen LogP contribution is 2.23. The molecule has 0 aromatic carbocycles. The summed E-state index contributed by atoms with van der Waals surface area (Å²) in [6.07, 6.45) is 5.52. The molecule has 2 heteroatoms. The van der Waals surface area contributed by atoms with Crippen molar-refractivity contribution in [2.24, 2.45) is 0 Å². The van der Waals surface area contributed by atoms with Crippen LogP contribution in [0.4, 0.5) is 0 Å². The molecule has 2 saturated heterocycles. The van der Waals surface area contributed by atoms with E-state index in [2.05, 4.69) is 23.6 Å². The van der Waals surface area contributed by atoms with E-state index in [1.165, 1.54) is 51.9 Å². The summed E-state index contributed by atoms with van der Waals surface area (Å²) in [5, 5.41) is 0. The maximum Gasteiger partial charge on any atom is 0.0224 e. The van der Waals surface area contributed by atoms with Crippen LogP contribution in [0.25, 0.3) is 0 Å². The van der Waals surface area contributed by atoms with Crippen LogP contribution in [0, 0.1) is 0 Å². The molecule has 0 aliphatic carbocycles. The molecule has 2 rings (SSSR count). The zero-order chi connectivity index (χ0) is 9.97. The molecule has 0 saturated carbocycles. The van der Waals surface area contributed by atoms with Gasteiger partial charge in [0.2, 0.25) is 0 Å². The van der Waals surface area contributed by atoms with E-state index in [0.717, 1.165) is 12.1 Å². The minimum atomic E-state index is 0.845. The second-order valence-corrected chi connectivity index (χ2v) is 4.80. The van der Waals surface area contributed by atoms with Crippen molar-refractivity contribution in [2.45, 2.75) is 51.6 Å². The van der Waals surface area contributed by atoms with Crippen LogP contribution < -0.4 is 0 Å². The lowest BCUT2D eigenvalue weighted by molar-refractivity contribution is 0.0684. The van der Waals surface area contributed by atoms with E-state index >= 15 is 0 Å². The Hall–Kier alpha value is -0.0800. The molecule has 0 N–H and O–H groups in total. The number of hydrogen-bond donors (Lipinski definition) is 0.